The van der Waals surface area contributed by atoms with Gasteiger partial charge in [0.25, 0.3) is 0 Å². The van der Waals surface area contributed by atoms with Gasteiger partial charge in [0.05, 0.1) is 0 Å². The summed E-state index contributed by atoms with van der Waals surface area (Å²) in [6.45, 7) is 6.52. The first-order valence-electron chi connectivity index (χ1n) is 34.1. The molecule has 456 valence electrons. The summed E-state index contributed by atoms with van der Waals surface area (Å²) in [4.78, 5) is 38.3. The van der Waals surface area contributed by atoms with E-state index in [0.29, 0.717) is 19.3 Å². The molecule has 0 bridgehead atoms. The number of carbonyl (C=O) groups is 3. The molecule has 0 saturated carbocycles. The van der Waals surface area contributed by atoms with E-state index in [2.05, 4.69) is 106 Å². The third-order valence-electron chi connectivity index (χ3n) is 14.9. The summed E-state index contributed by atoms with van der Waals surface area (Å²) in [5, 5.41) is 0. The number of hydrogen-bond acceptors (Lipinski definition) is 6. The second-order valence-electron chi connectivity index (χ2n) is 22.7. The number of rotatable bonds is 62. The largest absolute Gasteiger partial charge is 0.462 e. The number of allylic oxidation sites excluding steroid dienone is 14. The van der Waals surface area contributed by atoms with Gasteiger partial charge in [0, 0.05) is 19.3 Å². The number of carbonyl (C=O) groups excluding carboxylic acids is 3. The molecule has 0 amide bonds. The highest BCUT2D eigenvalue weighted by atomic mass is 16.6. The van der Waals surface area contributed by atoms with Crippen LogP contribution in [0.1, 0.15) is 342 Å². The smallest absolute Gasteiger partial charge is 0.306 e. The number of esters is 3. The molecule has 0 aliphatic carbocycles. The van der Waals surface area contributed by atoms with Crippen molar-refractivity contribution in [2.75, 3.05) is 13.2 Å². The fourth-order valence-corrected chi connectivity index (χ4v) is 9.80. The molecule has 0 N–H and O–H groups in total. The summed E-state index contributed by atoms with van der Waals surface area (Å²) in [5.41, 5.74) is 0. The Hall–Kier alpha value is -3.41. The molecule has 0 aliphatic rings. The minimum absolute atomic E-state index is 0.0870. The lowest BCUT2D eigenvalue weighted by molar-refractivity contribution is -0.167. The van der Waals surface area contributed by atoms with Crippen LogP contribution < -0.4 is 0 Å². The molecule has 1 unspecified atom stereocenters. The molecule has 0 spiro atoms. The summed E-state index contributed by atoms with van der Waals surface area (Å²) in [7, 11) is 0. The van der Waals surface area contributed by atoms with E-state index >= 15 is 0 Å². The van der Waals surface area contributed by atoms with E-state index in [9.17, 15) is 14.4 Å². The summed E-state index contributed by atoms with van der Waals surface area (Å²) >= 11 is 0. The topological polar surface area (TPSA) is 78.9 Å². The first-order valence-corrected chi connectivity index (χ1v) is 34.1. The van der Waals surface area contributed by atoms with Crippen molar-refractivity contribution in [2.45, 2.75) is 348 Å². The summed E-state index contributed by atoms with van der Waals surface area (Å²) < 4.78 is 16.9. The molecule has 0 heterocycles. The zero-order valence-corrected chi connectivity index (χ0v) is 52.4. The lowest BCUT2D eigenvalue weighted by Gasteiger charge is -2.18. The van der Waals surface area contributed by atoms with Crippen molar-refractivity contribution in [3.8, 4) is 0 Å². The molecule has 1 atom stereocenters. The summed E-state index contributed by atoms with van der Waals surface area (Å²) in [6, 6.07) is 0. The van der Waals surface area contributed by atoms with Gasteiger partial charge in [-0.15, -0.1) is 0 Å². The Balaban J connectivity index is 4.29. The van der Waals surface area contributed by atoms with E-state index in [1.54, 1.807) is 0 Å². The zero-order valence-electron chi connectivity index (χ0n) is 52.4. The Morgan fingerprint density at radius 2 is 0.494 bits per heavy atom. The number of unbranched alkanes of at least 4 members (excludes halogenated alkanes) is 37. The zero-order chi connectivity index (χ0) is 57.1. The fourth-order valence-electron chi connectivity index (χ4n) is 9.80. The van der Waals surface area contributed by atoms with Gasteiger partial charge in [0.1, 0.15) is 13.2 Å². The van der Waals surface area contributed by atoms with Crippen molar-refractivity contribution < 1.29 is 28.6 Å². The van der Waals surface area contributed by atoms with Crippen LogP contribution in [0.3, 0.4) is 0 Å². The first kappa shape index (κ1) is 75.6. The van der Waals surface area contributed by atoms with Crippen LogP contribution in [0.5, 0.6) is 0 Å². The van der Waals surface area contributed by atoms with Gasteiger partial charge in [0.15, 0.2) is 6.10 Å². The molecule has 79 heavy (non-hydrogen) atoms. The van der Waals surface area contributed by atoms with Gasteiger partial charge >= 0.3 is 17.9 Å². The SMILES string of the molecule is CC/C=C\C/C=C\C/C=C\C/C=C\C/C=C\C/C=C\CCCCCCC(=O)OC(COC(=O)CCCCCCC/C=C\CCCCC)COC(=O)CCCCCCCCCCCCCCCCCCCCCCCCCCCC. The lowest BCUT2D eigenvalue weighted by Crippen LogP contribution is -2.30. The maximum absolute atomic E-state index is 12.9. The second-order valence-corrected chi connectivity index (χ2v) is 22.7. The van der Waals surface area contributed by atoms with Crippen LogP contribution in [0, 0.1) is 0 Å². The Kier molecular flexibility index (Phi) is 64.2. The Morgan fingerprint density at radius 1 is 0.266 bits per heavy atom. The molecular formula is C73H128O6. The standard InChI is InChI=1S/C73H128O6/c1-4-7-10-13-16-19-22-25-27-29-31-33-35-36-37-39-40-42-44-46-48-51-54-57-60-63-66-72(75)78-69-70(68-77-71(74)65-62-59-56-53-50-24-21-18-15-12-9-6-3)79-73(76)67-64-61-58-55-52-49-47-45-43-41-38-34-32-30-28-26-23-20-17-14-11-8-5-2/h8,11,17-18,20-21,26,28,32,34,41,43,47,49,70H,4-7,9-10,12-16,19,22-25,27,29-31,33,35-40,42,44-46,48,50-69H2,1-3H3/b11-8-,20-17-,21-18-,28-26-,34-32-,43-41-,49-47-. The van der Waals surface area contributed by atoms with E-state index < -0.39 is 6.10 Å². The Labute approximate surface area is 490 Å². The van der Waals surface area contributed by atoms with Crippen molar-refractivity contribution in [3.05, 3.63) is 85.1 Å². The summed E-state index contributed by atoms with van der Waals surface area (Å²) in [6.07, 6.45) is 89.0. The van der Waals surface area contributed by atoms with E-state index in [1.807, 2.05) is 0 Å². The van der Waals surface area contributed by atoms with Gasteiger partial charge in [-0.1, -0.05) is 311 Å². The van der Waals surface area contributed by atoms with Gasteiger partial charge in [0.2, 0.25) is 0 Å². The highest BCUT2D eigenvalue weighted by Crippen LogP contribution is 2.18. The maximum atomic E-state index is 12.9. The number of hydrogen-bond donors (Lipinski definition) is 0. The molecule has 0 radical (unpaired) electrons. The van der Waals surface area contributed by atoms with Gasteiger partial charge < -0.3 is 14.2 Å². The average molecular weight is 1100 g/mol. The molecule has 6 nitrogen and oxygen atoms in total. The normalized spacial score (nSPS) is 12.6. The van der Waals surface area contributed by atoms with Crippen LogP contribution >= 0.6 is 0 Å². The fraction of sp³-hybridized carbons (Fsp3) is 0.767. The molecule has 6 heteroatoms. The predicted molar refractivity (Wildman–Crippen MR) is 344 cm³/mol. The van der Waals surface area contributed by atoms with Gasteiger partial charge in [-0.05, 0) is 96.3 Å². The predicted octanol–water partition coefficient (Wildman–Crippen LogP) is 23.4. The van der Waals surface area contributed by atoms with Gasteiger partial charge in [-0.3, -0.25) is 14.4 Å². The van der Waals surface area contributed by atoms with Crippen LogP contribution in [-0.4, -0.2) is 37.2 Å². The Bertz CT molecular complexity index is 1500. The minimum Gasteiger partial charge on any atom is -0.462 e. The van der Waals surface area contributed by atoms with Crippen LogP contribution in [0.15, 0.2) is 85.1 Å². The van der Waals surface area contributed by atoms with Crippen molar-refractivity contribution in [1.82, 2.24) is 0 Å². The van der Waals surface area contributed by atoms with E-state index in [1.165, 1.54) is 186 Å². The average Bonchev–Trinajstić information content (AvgIpc) is 3.45. The van der Waals surface area contributed by atoms with Crippen LogP contribution in [-0.2, 0) is 28.6 Å². The molecular weight excluding hydrogens is 973 g/mol. The van der Waals surface area contributed by atoms with Crippen molar-refractivity contribution in [3.63, 3.8) is 0 Å². The molecule has 0 aromatic rings. The van der Waals surface area contributed by atoms with Crippen LogP contribution in [0.4, 0.5) is 0 Å². The highest BCUT2D eigenvalue weighted by Gasteiger charge is 2.19. The van der Waals surface area contributed by atoms with Crippen molar-refractivity contribution in [1.29, 1.82) is 0 Å². The highest BCUT2D eigenvalue weighted by molar-refractivity contribution is 5.71. The monoisotopic (exact) mass is 1100 g/mol. The number of ether oxygens (including phenoxy) is 3. The Morgan fingerprint density at radius 3 is 0.810 bits per heavy atom. The van der Waals surface area contributed by atoms with Crippen molar-refractivity contribution >= 4 is 17.9 Å². The van der Waals surface area contributed by atoms with Crippen LogP contribution in [0.2, 0.25) is 0 Å². The lowest BCUT2D eigenvalue weighted by atomic mass is 10.0. The molecule has 0 aromatic carbocycles. The minimum atomic E-state index is -0.794. The molecule has 0 aliphatic heterocycles. The molecule has 0 fully saturated rings. The molecule has 0 rings (SSSR count). The molecule has 0 aromatic heterocycles. The molecule has 0 saturated heterocycles. The first-order chi connectivity index (χ1) is 39.0. The van der Waals surface area contributed by atoms with E-state index in [0.717, 1.165) is 116 Å². The quantitative estimate of drug-likeness (QED) is 0.0261. The van der Waals surface area contributed by atoms with E-state index in [-0.39, 0.29) is 31.1 Å². The maximum Gasteiger partial charge on any atom is 0.306 e. The third-order valence-corrected chi connectivity index (χ3v) is 14.9. The van der Waals surface area contributed by atoms with Gasteiger partial charge in [-0.2, -0.15) is 0 Å². The van der Waals surface area contributed by atoms with Crippen LogP contribution in [0.25, 0.3) is 0 Å². The summed E-state index contributed by atoms with van der Waals surface area (Å²) in [5.74, 6) is -0.907. The van der Waals surface area contributed by atoms with Crippen molar-refractivity contribution in [2.24, 2.45) is 0 Å². The second kappa shape index (κ2) is 67.1. The third kappa shape index (κ3) is 65.3. The van der Waals surface area contributed by atoms with Gasteiger partial charge in [-0.25, -0.2) is 0 Å². The van der Waals surface area contributed by atoms with E-state index in [4.69, 9.17) is 14.2 Å².